The molecule has 8 heteroatoms. The Morgan fingerprint density at radius 2 is 1.83 bits per heavy atom. The highest BCUT2D eigenvalue weighted by Crippen LogP contribution is 2.39. The largest absolute Gasteiger partial charge is 0.453 e. The van der Waals surface area contributed by atoms with E-state index < -0.39 is 29.4 Å². The SMILES string of the molecule is CN(C)c1ccc(C2C(C(=O)c3cc4ccccc4o3)C(=O)C(=O)N2CCCn2ccnc2)cc1. The first-order valence-corrected chi connectivity index (χ1v) is 11.5. The van der Waals surface area contributed by atoms with Gasteiger partial charge in [-0.05, 0) is 36.2 Å². The van der Waals surface area contributed by atoms with Crippen molar-refractivity contribution >= 4 is 34.1 Å². The quantitative estimate of drug-likeness (QED) is 0.221. The third-order valence-corrected chi connectivity index (χ3v) is 6.48. The van der Waals surface area contributed by atoms with Crippen LogP contribution in [0.25, 0.3) is 11.0 Å². The zero-order chi connectivity index (χ0) is 24.5. The van der Waals surface area contributed by atoms with Crippen molar-refractivity contribution in [3.63, 3.8) is 0 Å². The van der Waals surface area contributed by atoms with Crippen LogP contribution < -0.4 is 4.90 Å². The van der Waals surface area contributed by atoms with E-state index in [-0.39, 0.29) is 5.76 Å². The minimum absolute atomic E-state index is 0.0903. The number of aromatic nitrogens is 2. The first-order chi connectivity index (χ1) is 16.9. The molecule has 2 unspecified atom stereocenters. The van der Waals surface area contributed by atoms with E-state index in [9.17, 15) is 14.4 Å². The second-order valence-corrected chi connectivity index (χ2v) is 8.94. The molecule has 1 fully saturated rings. The number of anilines is 1. The number of ketones is 2. The lowest BCUT2D eigenvalue weighted by Gasteiger charge is -2.27. The van der Waals surface area contributed by atoms with Crippen molar-refractivity contribution in [3.8, 4) is 0 Å². The maximum atomic E-state index is 13.6. The normalized spacial score (nSPS) is 17.9. The van der Waals surface area contributed by atoms with Crippen LogP contribution in [0.3, 0.4) is 0 Å². The summed E-state index contributed by atoms with van der Waals surface area (Å²) < 4.78 is 7.69. The summed E-state index contributed by atoms with van der Waals surface area (Å²) in [5.74, 6) is -2.88. The molecular weight excluding hydrogens is 444 g/mol. The van der Waals surface area contributed by atoms with E-state index in [1.807, 2.05) is 72.2 Å². The highest BCUT2D eigenvalue weighted by molar-refractivity contribution is 6.43. The maximum Gasteiger partial charge on any atom is 0.291 e. The van der Waals surface area contributed by atoms with Gasteiger partial charge >= 0.3 is 0 Å². The molecule has 0 spiro atoms. The lowest BCUT2D eigenvalue weighted by molar-refractivity contribution is -0.140. The molecule has 1 saturated heterocycles. The van der Waals surface area contributed by atoms with E-state index in [0.29, 0.717) is 25.1 Å². The number of rotatable bonds is 8. The van der Waals surface area contributed by atoms with E-state index >= 15 is 0 Å². The second kappa shape index (κ2) is 9.21. The predicted molar refractivity (Wildman–Crippen MR) is 131 cm³/mol. The molecule has 1 aliphatic heterocycles. The number of amides is 1. The van der Waals surface area contributed by atoms with Gasteiger partial charge in [-0.1, -0.05) is 30.3 Å². The molecule has 2 atom stereocenters. The number of carbonyl (C=O) groups is 3. The summed E-state index contributed by atoms with van der Waals surface area (Å²) in [5.41, 5.74) is 2.29. The van der Waals surface area contributed by atoms with E-state index in [0.717, 1.165) is 16.6 Å². The fourth-order valence-electron chi connectivity index (χ4n) is 4.67. The third kappa shape index (κ3) is 4.23. The fraction of sp³-hybridized carbons (Fsp3) is 0.259. The molecule has 3 heterocycles. The van der Waals surface area contributed by atoms with Gasteiger partial charge in [-0.2, -0.15) is 0 Å². The molecule has 0 radical (unpaired) electrons. The molecule has 1 aliphatic rings. The Bertz CT molecular complexity index is 1340. The van der Waals surface area contributed by atoms with Gasteiger partial charge in [0.1, 0.15) is 11.5 Å². The number of likely N-dealkylation sites (tertiary alicyclic amines) is 1. The molecule has 2 aromatic carbocycles. The third-order valence-electron chi connectivity index (χ3n) is 6.48. The number of carbonyl (C=O) groups excluding carboxylic acids is 3. The molecular formula is C27H26N4O4. The van der Waals surface area contributed by atoms with Crippen LogP contribution in [0.4, 0.5) is 5.69 Å². The highest BCUT2D eigenvalue weighted by Gasteiger charge is 2.52. The summed E-state index contributed by atoms with van der Waals surface area (Å²) >= 11 is 0. The zero-order valence-electron chi connectivity index (χ0n) is 19.6. The van der Waals surface area contributed by atoms with Gasteiger partial charge in [-0.15, -0.1) is 0 Å². The summed E-state index contributed by atoms with van der Waals surface area (Å²) in [6, 6.07) is 15.9. The van der Waals surface area contributed by atoms with Gasteiger partial charge in [0.05, 0.1) is 12.4 Å². The Hall–Kier alpha value is -4.20. The Kier molecular flexibility index (Phi) is 5.94. The molecule has 0 N–H and O–H groups in total. The smallest absolute Gasteiger partial charge is 0.291 e. The van der Waals surface area contributed by atoms with Gasteiger partial charge in [0, 0.05) is 50.7 Å². The number of imidazole rings is 1. The highest BCUT2D eigenvalue weighted by atomic mass is 16.3. The van der Waals surface area contributed by atoms with Gasteiger partial charge in [0.25, 0.3) is 5.91 Å². The number of nitrogens with zero attached hydrogens (tertiary/aromatic N) is 4. The minimum atomic E-state index is -1.17. The number of furan rings is 1. The number of hydrogen-bond acceptors (Lipinski definition) is 6. The molecule has 35 heavy (non-hydrogen) atoms. The van der Waals surface area contributed by atoms with Crippen LogP contribution in [0.2, 0.25) is 0 Å². The van der Waals surface area contributed by atoms with Crippen LogP contribution in [-0.2, 0) is 16.1 Å². The van der Waals surface area contributed by atoms with Gasteiger partial charge < -0.3 is 18.8 Å². The van der Waals surface area contributed by atoms with E-state index in [1.54, 1.807) is 24.7 Å². The Labute approximate surface area is 202 Å². The number of para-hydroxylation sites is 1. The second-order valence-electron chi connectivity index (χ2n) is 8.94. The van der Waals surface area contributed by atoms with Crippen LogP contribution in [0.1, 0.15) is 28.6 Å². The lowest BCUT2D eigenvalue weighted by Crippen LogP contribution is -2.32. The Morgan fingerprint density at radius 1 is 1.06 bits per heavy atom. The van der Waals surface area contributed by atoms with Crippen LogP contribution in [-0.4, -0.2) is 52.6 Å². The van der Waals surface area contributed by atoms with Crippen molar-refractivity contribution in [1.29, 1.82) is 0 Å². The zero-order valence-corrected chi connectivity index (χ0v) is 19.6. The summed E-state index contributed by atoms with van der Waals surface area (Å²) in [4.78, 5) is 47.5. The van der Waals surface area contributed by atoms with Gasteiger partial charge in [0.2, 0.25) is 11.6 Å². The topological polar surface area (TPSA) is 88.6 Å². The monoisotopic (exact) mass is 470 g/mol. The lowest BCUT2D eigenvalue weighted by atomic mass is 9.88. The minimum Gasteiger partial charge on any atom is -0.453 e. The van der Waals surface area contributed by atoms with Crippen molar-refractivity contribution in [2.75, 3.05) is 25.5 Å². The summed E-state index contributed by atoms with van der Waals surface area (Å²) in [5, 5.41) is 0.775. The van der Waals surface area contributed by atoms with Gasteiger partial charge in [-0.3, -0.25) is 14.4 Å². The molecule has 5 rings (SSSR count). The number of hydrogen-bond donors (Lipinski definition) is 0. The standard InChI is InChI=1S/C27H26N4O4/c1-29(2)20-10-8-18(9-11-20)24-23(25(32)22-16-19-6-3-4-7-21(19)35-22)26(33)27(34)31(24)14-5-13-30-15-12-28-17-30/h3-4,6-12,15-17,23-24H,5,13-14H2,1-2H3. The van der Waals surface area contributed by atoms with Gasteiger partial charge in [0.15, 0.2) is 5.76 Å². The van der Waals surface area contributed by atoms with Gasteiger partial charge in [-0.25, -0.2) is 4.98 Å². The first kappa shape index (κ1) is 22.6. The van der Waals surface area contributed by atoms with Crippen molar-refractivity contribution in [2.24, 2.45) is 5.92 Å². The Morgan fingerprint density at radius 3 is 2.51 bits per heavy atom. The van der Waals surface area contributed by atoms with Crippen molar-refractivity contribution in [1.82, 2.24) is 14.5 Å². The number of aryl methyl sites for hydroxylation is 1. The molecule has 0 bridgehead atoms. The maximum absolute atomic E-state index is 13.6. The van der Waals surface area contributed by atoms with E-state index in [1.165, 1.54) is 4.90 Å². The molecule has 2 aromatic heterocycles. The molecule has 178 valence electrons. The molecule has 8 nitrogen and oxygen atoms in total. The summed E-state index contributed by atoms with van der Waals surface area (Å²) in [7, 11) is 3.88. The molecule has 0 aliphatic carbocycles. The first-order valence-electron chi connectivity index (χ1n) is 11.5. The van der Waals surface area contributed by atoms with E-state index in [2.05, 4.69) is 4.98 Å². The predicted octanol–water partition coefficient (Wildman–Crippen LogP) is 3.74. The molecule has 0 saturated carbocycles. The summed E-state index contributed by atoms with van der Waals surface area (Å²) in [6.07, 6.45) is 5.87. The van der Waals surface area contributed by atoms with Crippen LogP contribution >= 0.6 is 0 Å². The Balaban J connectivity index is 1.49. The van der Waals surface area contributed by atoms with E-state index in [4.69, 9.17) is 4.42 Å². The average molecular weight is 471 g/mol. The average Bonchev–Trinajstić information content (AvgIpc) is 3.59. The van der Waals surface area contributed by atoms with Crippen LogP contribution in [0.15, 0.2) is 77.7 Å². The van der Waals surface area contributed by atoms with Crippen molar-refractivity contribution in [3.05, 3.63) is 84.6 Å². The number of fused-ring (bicyclic) bond motifs is 1. The van der Waals surface area contributed by atoms with Crippen LogP contribution in [0.5, 0.6) is 0 Å². The van der Waals surface area contributed by atoms with Crippen molar-refractivity contribution in [2.45, 2.75) is 19.0 Å². The molecule has 1 amide bonds. The fourth-order valence-corrected chi connectivity index (χ4v) is 4.67. The number of benzene rings is 2. The van der Waals surface area contributed by atoms with Crippen molar-refractivity contribution < 1.29 is 18.8 Å². The van der Waals surface area contributed by atoms with Crippen LogP contribution in [0, 0.1) is 5.92 Å². The number of Topliss-reactive ketones (excluding diaryl/α,β-unsaturated/α-hetero) is 2. The summed E-state index contributed by atoms with van der Waals surface area (Å²) in [6.45, 7) is 0.985. The molecule has 4 aromatic rings.